The van der Waals surface area contributed by atoms with Crippen molar-refractivity contribution < 1.29 is 0 Å². The van der Waals surface area contributed by atoms with Gasteiger partial charge in [0.1, 0.15) is 0 Å². The molecule has 1 radical (unpaired) electrons. The maximum absolute atomic E-state index is 4.31. The lowest BCUT2D eigenvalue weighted by atomic mass is 9.70. The van der Waals surface area contributed by atoms with Crippen molar-refractivity contribution in [1.29, 1.82) is 0 Å². The van der Waals surface area contributed by atoms with Crippen molar-refractivity contribution in [3.63, 3.8) is 0 Å². The Balaban J connectivity index is 2.23. The molecule has 75 valence electrons. The summed E-state index contributed by atoms with van der Waals surface area (Å²) in [6.45, 7) is 6.68. The molecule has 3 unspecified atom stereocenters. The Bertz CT molecular complexity index is 265. The van der Waals surface area contributed by atoms with E-state index in [1.807, 2.05) is 0 Å². The van der Waals surface area contributed by atoms with E-state index in [4.69, 9.17) is 0 Å². The first-order valence-electron chi connectivity index (χ1n) is 5.67. The molecule has 1 aliphatic rings. The molecule has 0 aromatic heterocycles. The summed E-state index contributed by atoms with van der Waals surface area (Å²) in [5, 5.41) is 0. The highest BCUT2D eigenvalue weighted by Crippen LogP contribution is 2.41. The normalized spacial score (nSPS) is 32.9. The molecule has 0 spiro atoms. The molecule has 0 heteroatoms. The zero-order chi connectivity index (χ0) is 9.97. The Kier molecular flexibility index (Phi) is 2.90. The van der Waals surface area contributed by atoms with Crippen LogP contribution in [0.5, 0.6) is 0 Å². The van der Waals surface area contributed by atoms with E-state index in [-0.39, 0.29) is 0 Å². The van der Waals surface area contributed by atoms with Gasteiger partial charge in [-0.25, -0.2) is 0 Å². The van der Waals surface area contributed by atoms with Crippen molar-refractivity contribution in [2.75, 3.05) is 0 Å². The second kappa shape index (κ2) is 4.16. The monoisotopic (exact) mass is 187 g/mol. The van der Waals surface area contributed by atoms with E-state index < -0.39 is 0 Å². The summed E-state index contributed by atoms with van der Waals surface area (Å²) >= 11 is 0. The van der Waals surface area contributed by atoms with Gasteiger partial charge in [0.15, 0.2) is 0 Å². The predicted octanol–water partition coefficient (Wildman–Crippen LogP) is 4.04. The molecular weight excluding hydrogens is 168 g/mol. The van der Waals surface area contributed by atoms with Gasteiger partial charge < -0.3 is 0 Å². The molecule has 0 N–H and O–H groups in total. The summed E-state index contributed by atoms with van der Waals surface area (Å²) < 4.78 is 0. The maximum atomic E-state index is 4.31. The van der Waals surface area contributed by atoms with Crippen molar-refractivity contribution in [2.24, 2.45) is 11.8 Å². The van der Waals surface area contributed by atoms with Crippen molar-refractivity contribution in [3.05, 3.63) is 42.8 Å². The number of hydrogen-bond acceptors (Lipinski definition) is 0. The van der Waals surface area contributed by atoms with Crippen LogP contribution in [0.4, 0.5) is 0 Å². The minimum absolute atomic E-state index is 0.612. The molecule has 1 aromatic rings. The highest BCUT2D eigenvalue weighted by molar-refractivity contribution is 5.22. The van der Waals surface area contributed by atoms with Crippen LogP contribution in [0, 0.1) is 18.8 Å². The van der Waals surface area contributed by atoms with Gasteiger partial charge in [-0.3, -0.25) is 0 Å². The minimum Gasteiger partial charge on any atom is -0.0622 e. The van der Waals surface area contributed by atoms with Gasteiger partial charge in [0.25, 0.3) is 0 Å². The van der Waals surface area contributed by atoms with E-state index in [0.29, 0.717) is 11.8 Å². The van der Waals surface area contributed by atoms with E-state index in [1.165, 1.54) is 24.8 Å². The molecule has 0 aliphatic heterocycles. The van der Waals surface area contributed by atoms with Crippen LogP contribution in [0.3, 0.4) is 0 Å². The molecule has 1 aliphatic carbocycles. The van der Waals surface area contributed by atoms with E-state index in [9.17, 15) is 0 Å². The predicted molar refractivity (Wildman–Crippen MR) is 61.0 cm³/mol. The molecule has 14 heavy (non-hydrogen) atoms. The Labute approximate surface area is 87.3 Å². The summed E-state index contributed by atoms with van der Waals surface area (Å²) in [6.07, 6.45) is 4.02. The van der Waals surface area contributed by atoms with Gasteiger partial charge in [-0.1, -0.05) is 50.1 Å². The summed E-state index contributed by atoms with van der Waals surface area (Å²) in [4.78, 5) is 0. The Morgan fingerprint density at radius 3 is 2.50 bits per heavy atom. The van der Waals surface area contributed by atoms with Gasteiger partial charge in [0.2, 0.25) is 0 Å². The van der Waals surface area contributed by atoms with Crippen LogP contribution >= 0.6 is 0 Å². The topological polar surface area (TPSA) is 0 Å². The molecule has 1 aromatic carbocycles. The lowest BCUT2D eigenvalue weighted by molar-refractivity contribution is 0.270. The second-order valence-electron chi connectivity index (χ2n) is 4.60. The first-order chi connectivity index (χ1) is 6.79. The van der Waals surface area contributed by atoms with Crippen LogP contribution in [0.25, 0.3) is 0 Å². The standard InChI is InChI=1S/C14H19/c1-11-7-6-8-12(2)14(11)13-9-4-3-5-10-13/h3-5,9-12,14H,1,6-8H2,2H3. The third kappa shape index (κ3) is 1.84. The molecule has 2 rings (SSSR count). The molecule has 0 amide bonds. The fraction of sp³-hybridized carbons (Fsp3) is 0.500. The van der Waals surface area contributed by atoms with Crippen LogP contribution in [0.1, 0.15) is 37.7 Å². The third-order valence-electron chi connectivity index (χ3n) is 3.54. The smallest absolute Gasteiger partial charge is 0.0108 e. The van der Waals surface area contributed by atoms with Gasteiger partial charge >= 0.3 is 0 Å². The first kappa shape index (κ1) is 9.76. The largest absolute Gasteiger partial charge is 0.0622 e. The van der Waals surface area contributed by atoms with E-state index in [1.54, 1.807) is 0 Å². The summed E-state index contributed by atoms with van der Waals surface area (Å²) in [6, 6.07) is 10.9. The lowest BCUT2D eigenvalue weighted by Gasteiger charge is -2.34. The molecule has 1 fully saturated rings. The minimum atomic E-state index is 0.612. The van der Waals surface area contributed by atoms with Gasteiger partial charge in [-0.15, -0.1) is 0 Å². The Morgan fingerprint density at radius 2 is 1.86 bits per heavy atom. The lowest BCUT2D eigenvalue weighted by Crippen LogP contribution is -2.22. The molecule has 0 nitrogen and oxygen atoms in total. The molecular formula is C14H19. The van der Waals surface area contributed by atoms with Crippen LogP contribution in [-0.2, 0) is 0 Å². The van der Waals surface area contributed by atoms with Crippen LogP contribution in [-0.4, -0.2) is 0 Å². The van der Waals surface area contributed by atoms with Crippen LogP contribution in [0.2, 0.25) is 0 Å². The van der Waals surface area contributed by atoms with Crippen molar-refractivity contribution in [3.8, 4) is 0 Å². The molecule has 0 heterocycles. The van der Waals surface area contributed by atoms with Gasteiger partial charge in [0, 0.05) is 0 Å². The molecule has 3 atom stereocenters. The van der Waals surface area contributed by atoms with E-state index >= 15 is 0 Å². The van der Waals surface area contributed by atoms with Gasteiger partial charge in [-0.05, 0) is 36.7 Å². The molecule has 0 saturated heterocycles. The van der Waals surface area contributed by atoms with Crippen LogP contribution in [0.15, 0.2) is 30.3 Å². The zero-order valence-electron chi connectivity index (χ0n) is 8.95. The molecule has 0 bridgehead atoms. The maximum Gasteiger partial charge on any atom is -0.0108 e. The second-order valence-corrected chi connectivity index (χ2v) is 4.60. The van der Waals surface area contributed by atoms with E-state index in [2.05, 4.69) is 44.2 Å². The van der Waals surface area contributed by atoms with Crippen molar-refractivity contribution in [1.82, 2.24) is 0 Å². The Hall–Kier alpha value is -0.780. The number of hydrogen-bond donors (Lipinski definition) is 0. The van der Waals surface area contributed by atoms with Crippen LogP contribution < -0.4 is 0 Å². The average Bonchev–Trinajstić information content (AvgIpc) is 2.19. The highest BCUT2D eigenvalue weighted by Gasteiger charge is 2.28. The summed E-state index contributed by atoms with van der Waals surface area (Å²) in [7, 11) is 0. The average molecular weight is 187 g/mol. The highest BCUT2D eigenvalue weighted by atomic mass is 14.3. The summed E-state index contributed by atoms with van der Waals surface area (Å²) in [5.74, 6) is 2.10. The first-order valence-corrected chi connectivity index (χ1v) is 5.67. The van der Waals surface area contributed by atoms with Gasteiger partial charge in [0.05, 0.1) is 0 Å². The van der Waals surface area contributed by atoms with Crippen molar-refractivity contribution in [2.45, 2.75) is 32.1 Å². The SMILES string of the molecule is [CH2]C1CCCC(C)C1c1ccccc1. The zero-order valence-corrected chi connectivity index (χ0v) is 8.95. The summed E-state index contributed by atoms with van der Waals surface area (Å²) in [5.41, 5.74) is 1.49. The number of rotatable bonds is 1. The van der Waals surface area contributed by atoms with E-state index in [0.717, 1.165) is 5.92 Å². The third-order valence-corrected chi connectivity index (χ3v) is 3.54. The Morgan fingerprint density at radius 1 is 1.14 bits per heavy atom. The quantitative estimate of drug-likeness (QED) is 0.622. The molecule has 1 saturated carbocycles. The van der Waals surface area contributed by atoms with Crippen molar-refractivity contribution >= 4 is 0 Å². The fourth-order valence-corrected chi connectivity index (χ4v) is 2.80. The number of benzene rings is 1. The van der Waals surface area contributed by atoms with Gasteiger partial charge in [-0.2, -0.15) is 0 Å². The fourth-order valence-electron chi connectivity index (χ4n) is 2.80.